The van der Waals surface area contributed by atoms with Crippen LogP contribution in [0.1, 0.15) is 61.8 Å². The van der Waals surface area contributed by atoms with E-state index in [4.69, 9.17) is 15.2 Å². The predicted octanol–water partition coefficient (Wildman–Crippen LogP) is 5.17. The van der Waals surface area contributed by atoms with Crippen molar-refractivity contribution in [2.45, 2.75) is 51.4 Å². The third-order valence-corrected chi connectivity index (χ3v) is 7.06. The molecule has 13 heteroatoms. The lowest BCUT2D eigenvalue weighted by Gasteiger charge is -2.33. The summed E-state index contributed by atoms with van der Waals surface area (Å²) in [6, 6.07) is 13.7. The number of carbonyl (C=O) groups excluding carboxylic acids is 3. The molecule has 45 heavy (non-hydrogen) atoms. The average molecular weight is 616 g/mol. The van der Waals surface area contributed by atoms with Crippen LogP contribution in [0.25, 0.3) is 11.3 Å². The molecule has 2 aromatic heterocycles. The Morgan fingerprint density at radius 2 is 1.71 bits per heavy atom. The van der Waals surface area contributed by atoms with E-state index in [1.807, 2.05) is 25.5 Å². The van der Waals surface area contributed by atoms with Crippen molar-refractivity contribution in [1.29, 1.82) is 0 Å². The third kappa shape index (κ3) is 7.80. The van der Waals surface area contributed by atoms with Crippen molar-refractivity contribution >= 4 is 29.5 Å². The third-order valence-electron chi connectivity index (χ3n) is 7.06. The van der Waals surface area contributed by atoms with E-state index < -0.39 is 29.4 Å². The molecule has 0 aliphatic carbocycles. The van der Waals surface area contributed by atoms with E-state index in [-0.39, 0.29) is 23.6 Å². The molecule has 1 aliphatic rings. The number of rotatable bonds is 7. The normalized spacial score (nSPS) is 14.4. The lowest BCUT2D eigenvalue weighted by atomic mass is 10.1. The van der Waals surface area contributed by atoms with E-state index >= 15 is 0 Å². The maximum absolute atomic E-state index is 13.4. The Balaban J connectivity index is 1.29. The monoisotopic (exact) mass is 615 g/mol. The van der Waals surface area contributed by atoms with Crippen molar-refractivity contribution in [2.75, 3.05) is 24.1 Å². The van der Waals surface area contributed by atoms with E-state index in [0.29, 0.717) is 48.4 Å². The molecule has 2 aromatic carbocycles. The van der Waals surface area contributed by atoms with Gasteiger partial charge in [0.25, 0.3) is 5.91 Å². The van der Waals surface area contributed by atoms with Crippen molar-refractivity contribution < 1.29 is 28.2 Å². The number of amides is 2. The number of esters is 1. The maximum Gasteiger partial charge on any atom is 0.410 e. The van der Waals surface area contributed by atoms with Crippen LogP contribution in [0.4, 0.5) is 20.7 Å². The number of nitrogens with two attached hydrogens (primary N) is 1. The van der Waals surface area contributed by atoms with Crippen LogP contribution in [-0.2, 0) is 14.3 Å². The Bertz CT molecular complexity index is 1660. The SMILES string of the molecule is CC(C)(C)OC(=O)N1CCC(n2cc(-c3cnc(N)c(C(=O)O[C@@H](C(=O)Nc4ccc(F)cc4)c4ccccc4)n3)cn2)CC1. The molecule has 1 atom stereocenters. The lowest BCUT2D eigenvalue weighted by molar-refractivity contribution is -0.125. The van der Waals surface area contributed by atoms with Gasteiger partial charge >= 0.3 is 12.1 Å². The van der Waals surface area contributed by atoms with E-state index in [9.17, 15) is 18.8 Å². The van der Waals surface area contributed by atoms with Gasteiger partial charge in [0, 0.05) is 36.1 Å². The largest absolute Gasteiger partial charge is 0.444 e. The lowest BCUT2D eigenvalue weighted by Crippen LogP contribution is -2.42. The smallest absolute Gasteiger partial charge is 0.410 e. The minimum atomic E-state index is -1.36. The van der Waals surface area contributed by atoms with Gasteiger partial charge in [0.05, 0.1) is 24.1 Å². The number of hydrogen-bond acceptors (Lipinski definition) is 9. The van der Waals surface area contributed by atoms with E-state index in [0.717, 1.165) is 0 Å². The molecule has 12 nitrogen and oxygen atoms in total. The molecule has 2 amide bonds. The second-order valence-corrected chi connectivity index (χ2v) is 11.6. The van der Waals surface area contributed by atoms with Gasteiger partial charge in [-0.15, -0.1) is 0 Å². The number of halogens is 1. The van der Waals surface area contributed by atoms with Gasteiger partial charge in [0.1, 0.15) is 11.4 Å². The summed E-state index contributed by atoms with van der Waals surface area (Å²) >= 11 is 0. The summed E-state index contributed by atoms with van der Waals surface area (Å²) in [5.41, 5.74) is 6.86. The highest BCUT2D eigenvalue weighted by molar-refractivity contribution is 5.99. The average Bonchev–Trinajstić information content (AvgIpc) is 3.51. The van der Waals surface area contributed by atoms with E-state index in [2.05, 4.69) is 20.4 Å². The summed E-state index contributed by atoms with van der Waals surface area (Å²) in [5.74, 6) is -2.23. The van der Waals surface area contributed by atoms with Crippen molar-refractivity contribution in [3.63, 3.8) is 0 Å². The minimum absolute atomic E-state index is 0.0508. The summed E-state index contributed by atoms with van der Waals surface area (Å²) in [6.45, 7) is 6.57. The number of aromatic nitrogens is 4. The first-order valence-corrected chi connectivity index (χ1v) is 14.4. The highest BCUT2D eigenvalue weighted by Gasteiger charge is 2.30. The van der Waals surface area contributed by atoms with Crippen LogP contribution in [0.5, 0.6) is 0 Å². The Hall–Kier alpha value is -5.33. The molecule has 234 valence electrons. The van der Waals surface area contributed by atoms with Gasteiger partial charge in [-0.1, -0.05) is 30.3 Å². The zero-order chi connectivity index (χ0) is 32.1. The molecule has 1 fully saturated rings. The summed E-state index contributed by atoms with van der Waals surface area (Å²) in [5, 5.41) is 7.13. The van der Waals surface area contributed by atoms with Crippen LogP contribution >= 0.6 is 0 Å². The summed E-state index contributed by atoms with van der Waals surface area (Å²) in [6.07, 6.45) is 4.52. The van der Waals surface area contributed by atoms with E-state index in [1.54, 1.807) is 47.6 Å². The van der Waals surface area contributed by atoms with Gasteiger partial charge in [-0.05, 0) is 57.9 Å². The quantitative estimate of drug-likeness (QED) is 0.268. The molecule has 5 rings (SSSR count). The van der Waals surface area contributed by atoms with Gasteiger partial charge in [0.2, 0.25) is 6.10 Å². The first-order valence-electron chi connectivity index (χ1n) is 14.4. The second kappa shape index (κ2) is 13.1. The molecule has 1 aliphatic heterocycles. The number of nitrogens with zero attached hydrogens (tertiary/aromatic N) is 5. The Morgan fingerprint density at radius 1 is 1.02 bits per heavy atom. The minimum Gasteiger partial charge on any atom is -0.444 e. The number of nitrogens with one attached hydrogen (secondary N) is 1. The number of likely N-dealkylation sites (tertiary alicyclic amines) is 1. The zero-order valence-electron chi connectivity index (χ0n) is 25.1. The highest BCUT2D eigenvalue weighted by Crippen LogP contribution is 2.27. The predicted molar refractivity (Wildman–Crippen MR) is 163 cm³/mol. The fourth-order valence-corrected chi connectivity index (χ4v) is 4.80. The molecule has 0 spiro atoms. The van der Waals surface area contributed by atoms with Gasteiger partial charge in [-0.25, -0.2) is 23.9 Å². The molecule has 0 bridgehead atoms. The van der Waals surface area contributed by atoms with Crippen LogP contribution in [0.15, 0.2) is 73.2 Å². The van der Waals surface area contributed by atoms with Gasteiger partial charge in [0.15, 0.2) is 11.5 Å². The molecular weight excluding hydrogens is 581 g/mol. The first kappa shape index (κ1) is 31.1. The zero-order valence-corrected chi connectivity index (χ0v) is 25.1. The van der Waals surface area contributed by atoms with Gasteiger partial charge in [-0.3, -0.25) is 9.48 Å². The first-order chi connectivity index (χ1) is 21.5. The van der Waals surface area contributed by atoms with Crippen molar-refractivity contribution in [1.82, 2.24) is 24.6 Å². The molecule has 0 saturated carbocycles. The standard InChI is InChI=1S/C32H34FN7O5/c1-32(2,3)45-31(43)39-15-13-24(14-16-39)40-19-21(17-36-40)25-18-35-28(34)26(38-25)30(42)44-27(20-7-5-4-6-8-20)29(41)37-23-11-9-22(33)10-12-23/h4-12,17-19,24,27H,13-16H2,1-3H3,(H2,34,35)(H,37,41)/t27-/m1/s1. The van der Waals surface area contributed by atoms with Crippen LogP contribution < -0.4 is 11.1 Å². The molecule has 3 heterocycles. The Labute approximate surface area is 259 Å². The number of benzene rings is 2. The van der Waals surface area contributed by atoms with E-state index in [1.165, 1.54) is 30.5 Å². The molecule has 0 unspecified atom stereocenters. The number of hydrogen-bond donors (Lipinski definition) is 2. The fraction of sp³-hybridized carbons (Fsp3) is 0.312. The summed E-state index contributed by atoms with van der Waals surface area (Å²) in [4.78, 5) is 49.3. The molecule has 1 saturated heterocycles. The molecule has 3 N–H and O–H groups in total. The van der Waals surface area contributed by atoms with Crippen molar-refractivity contribution in [3.05, 3.63) is 90.3 Å². The topological polar surface area (TPSA) is 155 Å². The number of piperidine rings is 1. The van der Waals surface area contributed by atoms with Crippen LogP contribution in [0.3, 0.4) is 0 Å². The molecular formula is C32H34FN7O5. The summed E-state index contributed by atoms with van der Waals surface area (Å²) < 4.78 is 26.3. The fourth-order valence-electron chi connectivity index (χ4n) is 4.80. The molecule has 4 aromatic rings. The van der Waals surface area contributed by atoms with Crippen LogP contribution in [0, 0.1) is 5.82 Å². The highest BCUT2D eigenvalue weighted by atomic mass is 19.1. The van der Waals surface area contributed by atoms with Crippen molar-refractivity contribution in [3.8, 4) is 11.3 Å². The number of nitrogen functional groups attached to an aromatic ring is 1. The number of carbonyl (C=O) groups is 3. The number of anilines is 2. The number of ether oxygens (including phenoxy) is 2. The molecule has 0 radical (unpaired) electrons. The maximum atomic E-state index is 13.4. The van der Waals surface area contributed by atoms with Crippen molar-refractivity contribution in [2.24, 2.45) is 0 Å². The Kier molecular flexibility index (Phi) is 9.07. The van der Waals surface area contributed by atoms with Crippen LogP contribution in [0.2, 0.25) is 0 Å². The second-order valence-electron chi connectivity index (χ2n) is 11.6. The van der Waals surface area contributed by atoms with Crippen LogP contribution in [-0.4, -0.2) is 61.3 Å². The van der Waals surface area contributed by atoms with Gasteiger partial charge in [-0.2, -0.15) is 5.10 Å². The summed E-state index contributed by atoms with van der Waals surface area (Å²) in [7, 11) is 0. The Morgan fingerprint density at radius 3 is 2.38 bits per heavy atom. The van der Waals surface area contributed by atoms with Gasteiger partial charge < -0.3 is 25.4 Å².